The van der Waals surface area contributed by atoms with Crippen LogP contribution in [-0.2, 0) is 4.79 Å². The Morgan fingerprint density at radius 3 is 3.00 bits per heavy atom. The van der Waals surface area contributed by atoms with Crippen molar-refractivity contribution in [2.75, 3.05) is 6.54 Å². The lowest BCUT2D eigenvalue weighted by atomic mass is 9.53. The molecule has 3 atom stereocenters. The van der Waals surface area contributed by atoms with Crippen molar-refractivity contribution in [2.24, 2.45) is 23.0 Å². The Morgan fingerprint density at radius 2 is 2.47 bits per heavy atom. The summed E-state index contributed by atoms with van der Waals surface area (Å²) in [6, 6.07) is 0. The largest absolute Gasteiger partial charge is 0.481 e. The molecule has 1 saturated carbocycles. The summed E-state index contributed by atoms with van der Waals surface area (Å²) in [5.74, 6) is 0.411. The average Bonchev–Trinajstić information content (AvgIpc) is 2.53. The van der Waals surface area contributed by atoms with Crippen molar-refractivity contribution in [1.82, 2.24) is 0 Å². The van der Waals surface area contributed by atoms with Gasteiger partial charge < -0.3 is 10.8 Å². The number of rotatable bonds is 4. The summed E-state index contributed by atoms with van der Waals surface area (Å²) in [5.41, 5.74) is 7.13. The predicted octanol–water partition coefficient (Wildman–Crippen LogP) is 1.78. The summed E-state index contributed by atoms with van der Waals surface area (Å²) in [5, 5.41) is 8.91. The van der Waals surface area contributed by atoms with Crippen molar-refractivity contribution in [3.05, 3.63) is 11.6 Å². The summed E-state index contributed by atoms with van der Waals surface area (Å²) in [4.78, 5) is 10.8. The number of hydrogen-bond acceptors (Lipinski definition) is 2. The van der Waals surface area contributed by atoms with Crippen LogP contribution in [0.1, 0.15) is 32.6 Å². The third kappa shape index (κ3) is 1.59. The third-order valence-electron chi connectivity index (χ3n) is 4.19. The van der Waals surface area contributed by atoms with Crippen LogP contribution in [0.2, 0.25) is 0 Å². The van der Waals surface area contributed by atoms with Gasteiger partial charge in [-0.1, -0.05) is 18.6 Å². The second kappa shape index (κ2) is 3.63. The minimum absolute atomic E-state index is 0.132. The van der Waals surface area contributed by atoms with E-state index in [1.165, 1.54) is 12.0 Å². The van der Waals surface area contributed by atoms with Gasteiger partial charge >= 0.3 is 5.97 Å². The predicted molar refractivity (Wildman–Crippen MR) is 58.3 cm³/mol. The smallest absolute Gasteiger partial charge is 0.303 e. The molecule has 2 aliphatic rings. The van der Waals surface area contributed by atoms with E-state index in [-0.39, 0.29) is 11.8 Å². The van der Waals surface area contributed by atoms with Crippen LogP contribution in [0, 0.1) is 17.3 Å². The second-order valence-corrected chi connectivity index (χ2v) is 5.01. The number of nitrogens with two attached hydrogens (primary N) is 1. The Kier molecular flexibility index (Phi) is 2.59. The van der Waals surface area contributed by atoms with E-state index in [0.29, 0.717) is 18.4 Å². The van der Waals surface area contributed by atoms with Gasteiger partial charge in [0.15, 0.2) is 0 Å². The normalized spacial score (nSPS) is 38.1. The van der Waals surface area contributed by atoms with Crippen LogP contribution in [0.25, 0.3) is 0 Å². The Bertz CT molecular complexity index is 311. The van der Waals surface area contributed by atoms with E-state index in [9.17, 15) is 4.79 Å². The standard InChI is InChI=1S/C12H19NO2/c1-2-8-3-9-5-12(7-13,6-11(14)15)10(9)4-8/h4,9-10H,2-3,5-7,13H2,1H3,(H,14,15)/t9-,10+,12-/m0/s1. The first kappa shape index (κ1) is 10.7. The van der Waals surface area contributed by atoms with Crippen molar-refractivity contribution in [3.63, 3.8) is 0 Å². The van der Waals surface area contributed by atoms with Gasteiger partial charge in [-0.3, -0.25) is 4.79 Å². The van der Waals surface area contributed by atoms with Crippen molar-refractivity contribution in [3.8, 4) is 0 Å². The van der Waals surface area contributed by atoms with Gasteiger partial charge in [-0.05, 0) is 43.1 Å². The minimum Gasteiger partial charge on any atom is -0.481 e. The van der Waals surface area contributed by atoms with Gasteiger partial charge in [0.1, 0.15) is 0 Å². The summed E-state index contributed by atoms with van der Waals surface area (Å²) < 4.78 is 0. The molecule has 0 bridgehead atoms. The van der Waals surface area contributed by atoms with E-state index in [0.717, 1.165) is 12.8 Å². The summed E-state index contributed by atoms with van der Waals surface area (Å²) in [6.45, 7) is 2.67. The van der Waals surface area contributed by atoms with Gasteiger partial charge in [-0.15, -0.1) is 0 Å². The molecule has 0 aromatic carbocycles. The van der Waals surface area contributed by atoms with Crippen LogP contribution in [0.4, 0.5) is 0 Å². The first-order chi connectivity index (χ1) is 7.11. The molecule has 3 heteroatoms. The average molecular weight is 209 g/mol. The van der Waals surface area contributed by atoms with E-state index < -0.39 is 5.97 Å². The zero-order valence-electron chi connectivity index (χ0n) is 9.20. The second-order valence-electron chi connectivity index (χ2n) is 5.01. The fourth-order valence-corrected chi connectivity index (χ4v) is 3.34. The lowest BCUT2D eigenvalue weighted by Crippen LogP contribution is -2.51. The number of carboxylic acid groups (broad SMARTS) is 1. The molecule has 0 heterocycles. The van der Waals surface area contributed by atoms with Gasteiger partial charge in [-0.2, -0.15) is 0 Å². The molecule has 3 N–H and O–H groups in total. The molecule has 0 radical (unpaired) electrons. The number of hydrogen-bond donors (Lipinski definition) is 2. The van der Waals surface area contributed by atoms with Crippen molar-refractivity contribution >= 4 is 5.97 Å². The van der Waals surface area contributed by atoms with Crippen LogP contribution in [0.3, 0.4) is 0 Å². The zero-order valence-corrected chi connectivity index (χ0v) is 9.20. The number of aliphatic carboxylic acids is 1. The van der Waals surface area contributed by atoms with Gasteiger partial charge in [0.25, 0.3) is 0 Å². The highest BCUT2D eigenvalue weighted by Crippen LogP contribution is 2.59. The van der Waals surface area contributed by atoms with Gasteiger partial charge in [0.2, 0.25) is 0 Å². The van der Waals surface area contributed by atoms with Gasteiger partial charge in [-0.25, -0.2) is 0 Å². The fraction of sp³-hybridized carbons (Fsp3) is 0.750. The maximum Gasteiger partial charge on any atom is 0.303 e. The first-order valence-corrected chi connectivity index (χ1v) is 5.72. The van der Waals surface area contributed by atoms with E-state index in [1.54, 1.807) is 0 Å². The molecule has 0 amide bonds. The molecule has 15 heavy (non-hydrogen) atoms. The van der Waals surface area contributed by atoms with Gasteiger partial charge in [0, 0.05) is 0 Å². The molecule has 84 valence electrons. The molecular weight excluding hydrogens is 190 g/mol. The maximum absolute atomic E-state index is 10.8. The SMILES string of the molecule is CCC1=C[C@@H]2[C@@H](C1)C[C@@]2(CN)CC(=O)O. The third-order valence-corrected chi connectivity index (χ3v) is 4.19. The maximum atomic E-state index is 10.8. The van der Waals surface area contributed by atoms with Gasteiger partial charge in [0.05, 0.1) is 6.42 Å². The molecule has 0 aromatic rings. The van der Waals surface area contributed by atoms with E-state index >= 15 is 0 Å². The highest BCUT2D eigenvalue weighted by Gasteiger charge is 2.54. The molecule has 2 rings (SSSR count). The number of allylic oxidation sites excluding steroid dienone is 2. The zero-order chi connectivity index (χ0) is 11.1. The van der Waals surface area contributed by atoms with Crippen LogP contribution in [0.5, 0.6) is 0 Å². The molecule has 0 aliphatic heterocycles. The quantitative estimate of drug-likeness (QED) is 0.694. The molecule has 2 aliphatic carbocycles. The molecule has 0 unspecified atom stereocenters. The molecular formula is C12H19NO2. The Balaban J connectivity index is 2.11. The monoisotopic (exact) mass is 209 g/mol. The van der Waals surface area contributed by atoms with E-state index in [1.807, 2.05) is 0 Å². The number of carboxylic acids is 1. The van der Waals surface area contributed by atoms with Crippen LogP contribution >= 0.6 is 0 Å². The Morgan fingerprint density at radius 1 is 1.73 bits per heavy atom. The summed E-state index contributed by atoms with van der Waals surface area (Å²) in [7, 11) is 0. The number of fused-ring (bicyclic) bond motifs is 1. The van der Waals surface area contributed by atoms with Crippen molar-refractivity contribution in [1.29, 1.82) is 0 Å². The molecule has 3 nitrogen and oxygen atoms in total. The summed E-state index contributed by atoms with van der Waals surface area (Å²) in [6.07, 6.45) is 5.80. The molecule has 0 aromatic heterocycles. The minimum atomic E-state index is -0.711. The molecule has 0 saturated heterocycles. The first-order valence-electron chi connectivity index (χ1n) is 5.72. The van der Waals surface area contributed by atoms with Crippen molar-refractivity contribution in [2.45, 2.75) is 32.6 Å². The molecule has 1 fully saturated rings. The highest BCUT2D eigenvalue weighted by molar-refractivity contribution is 5.68. The Labute approximate surface area is 90.3 Å². The fourth-order valence-electron chi connectivity index (χ4n) is 3.34. The summed E-state index contributed by atoms with van der Waals surface area (Å²) >= 11 is 0. The Hall–Kier alpha value is -0.830. The highest BCUT2D eigenvalue weighted by atomic mass is 16.4. The molecule has 0 spiro atoms. The van der Waals surface area contributed by atoms with E-state index in [4.69, 9.17) is 10.8 Å². The lowest BCUT2D eigenvalue weighted by Gasteiger charge is -2.51. The van der Waals surface area contributed by atoms with Crippen LogP contribution in [0.15, 0.2) is 11.6 Å². The lowest BCUT2D eigenvalue weighted by molar-refractivity contribution is -0.144. The number of carbonyl (C=O) groups is 1. The van der Waals surface area contributed by atoms with E-state index in [2.05, 4.69) is 13.0 Å². The van der Waals surface area contributed by atoms with Crippen LogP contribution < -0.4 is 5.73 Å². The topological polar surface area (TPSA) is 63.3 Å². The van der Waals surface area contributed by atoms with Crippen LogP contribution in [-0.4, -0.2) is 17.6 Å². The van der Waals surface area contributed by atoms with Crippen molar-refractivity contribution < 1.29 is 9.90 Å².